The summed E-state index contributed by atoms with van der Waals surface area (Å²) < 4.78 is 0. The molecule has 0 heterocycles. The molecule has 3 N–H and O–H groups in total. The molecule has 1 rings (SSSR count). The molecule has 0 aromatic heterocycles. The van der Waals surface area contributed by atoms with Crippen LogP contribution in [-0.2, 0) is 11.4 Å². The van der Waals surface area contributed by atoms with Gasteiger partial charge in [0.2, 0.25) is 5.91 Å². The summed E-state index contributed by atoms with van der Waals surface area (Å²) in [6.45, 7) is 4.80. The van der Waals surface area contributed by atoms with Crippen LogP contribution in [0.4, 0.5) is 5.69 Å². The Bertz CT molecular complexity index is 421. The normalized spacial score (nSPS) is 10.7. The van der Waals surface area contributed by atoms with E-state index in [1.807, 2.05) is 4.90 Å². The molecule has 18 heavy (non-hydrogen) atoms. The first kappa shape index (κ1) is 14.8. The van der Waals surface area contributed by atoms with Crippen LogP contribution < -0.4 is 10.6 Å². The van der Waals surface area contributed by atoms with Gasteiger partial charge in [0.25, 0.3) is 0 Å². The summed E-state index contributed by atoms with van der Waals surface area (Å²) in [6, 6.07) is 5.22. The fourth-order valence-corrected chi connectivity index (χ4v) is 2.01. The first-order valence-electron chi connectivity index (χ1n) is 5.86. The van der Waals surface area contributed by atoms with Crippen LogP contribution in [0, 0.1) is 5.92 Å². The number of nitrogens with zero attached hydrogens (tertiary/aromatic N) is 1. The molecule has 5 heteroatoms. The van der Waals surface area contributed by atoms with Gasteiger partial charge in [-0.2, -0.15) is 0 Å². The number of primary amides is 1. The van der Waals surface area contributed by atoms with Crippen LogP contribution in [-0.4, -0.2) is 24.1 Å². The van der Waals surface area contributed by atoms with Crippen molar-refractivity contribution >= 4 is 23.2 Å². The Balaban J connectivity index is 3.09. The second-order valence-electron chi connectivity index (χ2n) is 4.67. The summed E-state index contributed by atoms with van der Waals surface area (Å²) in [5.74, 6) is -0.0330. The van der Waals surface area contributed by atoms with Crippen molar-refractivity contribution in [3.05, 3.63) is 28.8 Å². The van der Waals surface area contributed by atoms with Gasteiger partial charge in [-0.3, -0.25) is 4.79 Å². The maximum atomic E-state index is 11.1. The van der Waals surface area contributed by atoms with Gasteiger partial charge in [-0.05, 0) is 18.1 Å². The number of aliphatic hydroxyl groups is 1. The van der Waals surface area contributed by atoms with Gasteiger partial charge in [-0.25, -0.2) is 0 Å². The average molecular weight is 271 g/mol. The predicted molar refractivity (Wildman–Crippen MR) is 73.6 cm³/mol. The molecule has 0 bridgehead atoms. The van der Waals surface area contributed by atoms with Gasteiger partial charge in [0.1, 0.15) is 0 Å². The van der Waals surface area contributed by atoms with E-state index in [2.05, 4.69) is 13.8 Å². The molecule has 0 radical (unpaired) electrons. The fourth-order valence-electron chi connectivity index (χ4n) is 1.84. The summed E-state index contributed by atoms with van der Waals surface area (Å²) in [6.07, 6.45) is 0. The van der Waals surface area contributed by atoms with Gasteiger partial charge >= 0.3 is 0 Å². The standard InChI is InChI=1S/C13H19ClN2O2/c1-9(2)6-16(7-13(15)18)12-5-11(14)4-3-10(12)8-17/h3-5,9,17H,6-8H2,1-2H3,(H2,15,18). The number of amides is 1. The molecule has 0 saturated heterocycles. The van der Waals surface area contributed by atoms with Crippen LogP contribution in [0.15, 0.2) is 18.2 Å². The quantitative estimate of drug-likeness (QED) is 0.828. The number of rotatable bonds is 6. The van der Waals surface area contributed by atoms with Crippen molar-refractivity contribution in [3.8, 4) is 0 Å². The Hall–Kier alpha value is -1.26. The number of benzene rings is 1. The molecular formula is C13H19ClN2O2. The minimum atomic E-state index is -0.403. The van der Waals surface area contributed by atoms with Gasteiger partial charge in [0.05, 0.1) is 13.2 Å². The molecule has 1 amide bonds. The number of carbonyl (C=O) groups is 1. The maximum Gasteiger partial charge on any atom is 0.236 e. The van der Waals surface area contributed by atoms with Gasteiger partial charge in [-0.1, -0.05) is 31.5 Å². The molecular weight excluding hydrogens is 252 g/mol. The number of anilines is 1. The molecule has 0 unspecified atom stereocenters. The van der Waals surface area contributed by atoms with Crippen LogP contribution in [0.1, 0.15) is 19.4 Å². The van der Waals surface area contributed by atoms with Crippen LogP contribution in [0.2, 0.25) is 5.02 Å². The summed E-state index contributed by atoms with van der Waals surface area (Å²) in [4.78, 5) is 13.0. The van der Waals surface area contributed by atoms with Crippen molar-refractivity contribution in [1.29, 1.82) is 0 Å². The number of halogens is 1. The van der Waals surface area contributed by atoms with Gasteiger partial charge in [0, 0.05) is 22.8 Å². The average Bonchev–Trinajstić information content (AvgIpc) is 2.26. The van der Waals surface area contributed by atoms with Crippen molar-refractivity contribution in [3.63, 3.8) is 0 Å². The third-order valence-corrected chi connectivity index (χ3v) is 2.73. The molecule has 0 spiro atoms. The summed E-state index contributed by atoms with van der Waals surface area (Å²) in [7, 11) is 0. The highest BCUT2D eigenvalue weighted by Crippen LogP contribution is 2.25. The molecule has 0 fully saturated rings. The largest absolute Gasteiger partial charge is 0.392 e. The number of carbonyl (C=O) groups excluding carboxylic acids is 1. The van der Waals surface area contributed by atoms with Crippen LogP contribution in [0.25, 0.3) is 0 Å². The fraction of sp³-hybridized carbons (Fsp3) is 0.462. The van der Waals surface area contributed by atoms with E-state index in [-0.39, 0.29) is 13.2 Å². The Morgan fingerprint density at radius 1 is 1.50 bits per heavy atom. The SMILES string of the molecule is CC(C)CN(CC(N)=O)c1cc(Cl)ccc1CO. The highest BCUT2D eigenvalue weighted by molar-refractivity contribution is 6.30. The van der Waals surface area contributed by atoms with E-state index >= 15 is 0 Å². The monoisotopic (exact) mass is 270 g/mol. The van der Waals surface area contributed by atoms with Crippen LogP contribution in [0.5, 0.6) is 0 Å². The highest BCUT2D eigenvalue weighted by Gasteiger charge is 2.15. The summed E-state index contributed by atoms with van der Waals surface area (Å²) in [5, 5.41) is 9.91. The van der Waals surface area contributed by atoms with Crippen LogP contribution >= 0.6 is 11.6 Å². The predicted octanol–water partition coefficient (Wildman–Crippen LogP) is 1.78. The summed E-state index contributed by atoms with van der Waals surface area (Å²) in [5.41, 5.74) is 6.76. The molecule has 100 valence electrons. The van der Waals surface area contributed by atoms with Crippen molar-refractivity contribution in [2.24, 2.45) is 11.7 Å². The molecule has 0 aliphatic rings. The van der Waals surface area contributed by atoms with Gasteiger partial charge in [0.15, 0.2) is 0 Å². The van der Waals surface area contributed by atoms with E-state index in [4.69, 9.17) is 17.3 Å². The summed E-state index contributed by atoms with van der Waals surface area (Å²) >= 11 is 5.97. The number of hydrogen-bond acceptors (Lipinski definition) is 3. The van der Waals surface area contributed by atoms with Crippen molar-refractivity contribution in [2.45, 2.75) is 20.5 Å². The second kappa shape index (κ2) is 6.61. The number of aliphatic hydroxyl groups excluding tert-OH is 1. The molecule has 4 nitrogen and oxygen atoms in total. The lowest BCUT2D eigenvalue weighted by Gasteiger charge is -2.27. The highest BCUT2D eigenvalue weighted by atomic mass is 35.5. The molecule has 0 aliphatic heterocycles. The Kier molecular flexibility index (Phi) is 5.44. The molecule has 0 saturated carbocycles. The minimum Gasteiger partial charge on any atom is -0.392 e. The molecule has 1 aromatic carbocycles. The smallest absolute Gasteiger partial charge is 0.236 e. The Morgan fingerprint density at radius 2 is 2.17 bits per heavy atom. The van der Waals surface area contributed by atoms with E-state index in [0.29, 0.717) is 17.5 Å². The van der Waals surface area contributed by atoms with Crippen molar-refractivity contribution in [2.75, 3.05) is 18.0 Å². The van der Waals surface area contributed by atoms with E-state index in [1.54, 1.807) is 18.2 Å². The molecule has 1 aromatic rings. The number of hydrogen-bond donors (Lipinski definition) is 2. The van der Waals surface area contributed by atoms with E-state index < -0.39 is 5.91 Å². The zero-order valence-electron chi connectivity index (χ0n) is 10.7. The minimum absolute atomic E-state index is 0.0974. The van der Waals surface area contributed by atoms with E-state index in [1.165, 1.54) is 0 Å². The van der Waals surface area contributed by atoms with Crippen molar-refractivity contribution < 1.29 is 9.90 Å². The van der Waals surface area contributed by atoms with Crippen molar-refractivity contribution in [1.82, 2.24) is 0 Å². The first-order valence-corrected chi connectivity index (χ1v) is 6.24. The lowest BCUT2D eigenvalue weighted by atomic mass is 10.1. The zero-order chi connectivity index (χ0) is 13.7. The van der Waals surface area contributed by atoms with Crippen LogP contribution in [0.3, 0.4) is 0 Å². The van der Waals surface area contributed by atoms with E-state index in [0.717, 1.165) is 11.3 Å². The lowest BCUT2D eigenvalue weighted by molar-refractivity contribution is -0.116. The Labute approximate surface area is 112 Å². The third kappa shape index (κ3) is 4.20. The van der Waals surface area contributed by atoms with Gasteiger partial charge in [-0.15, -0.1) is 0 Å². The molecule has 0 aliphatic carbocycles. The lowest BCUT2D eigenvalue weighted by Crippen LogP contribution is -2.36. The van der Waals surface area contributed by atoms with Gasteiger partial charge < -0.3 is 15.7 Å². The first-order chi connectivity index (χ1) is 8.43. The van der Waals surface area contributed by atoms with E-state index in [9.17, 15) is 9.90 Å². The Morgan fingerprint density at radius 3 is 2.67 bits per heavy atom. The second-order valence-corrected chi connectivity index (χ2v) is 5.11. The zero-order valence-corrected chi connectivity index (χ0v) is 11.4. The molecule has 0 atom stereocenters. The number of nitrogens with two attached hydrogens (primary N) is 1. The third-order valence-electron chi connectivity index (χ3n) is 2.49. The topological polar surface area (TPSA) is 66.6 Å². The maximum absolute atomic E-state index is 11.1.